The molecular formula is C14H30IN3O. The zero-order valence-electron chi connectivity index (χ0n) is 13.0. The number of likely N-dealkylation sites (tertiary alicyclic amines) is 1. The zero-order valence-corrected chi connectivity index (χ0v) is 15.4. The lowest BCUT2D eigenvalue weighted by atomic mass is 9.92. The van der Waals surface area contributed by atoms with Crippen LogP contribution in [0.25, 0.3) is 0 Å². The van der Waals surface area contributed by atoms with E-state index < -0.39 is 0 Å². The Morgan fingerprint density at radius 3 is 2.63 bits per heavy atom. The van der Waals surface area contributed by atoms with E-state index in [4.69, 9.17) is 4.74 Å². The summed E-state index contributed by atoms with van der Waals surface area (Å²) in [5.41, 5.74) is 0.370. The summed E-state index contributed by atoms with van der Waals surface area (Å²) in [5.74, 6) is 1.69. The van der Waals surface area contributed by atoms with Crippen molar-refractivity contribution < 1.29 is 4.74 Å². The van der Waals surface area contributed by atoms with Gasteiger partial charge in [0.1, 0.15) is 0 Å². The van der Waals surface area contributed by atoms with Gasteiger partial charge in [-0.05, 0) is 18.3 Å². The van der Waals surface area contributed by atoms with Crippen LogP contribution in [0.1, 0.15) is 33.6 Å². The lowest BCUT2D eigenvalue weighted by Crippen LogP contribution is -2.41. The van der Waals surface area contributed by atoms with E-state index in [0.29, 0.717) is 11.3 Å². The summed E-state index contributed by atoms with van der Waals surface area (Å²) in [6.45, 7) is 10.8. The van der Waals surface area contributed by atoms with Crippen LogP contribution in [0.2, 0.25) is 0 Å². The van der Waals surface area contributed by atoms with E-state index in [1.54, 1.807) is 7.11 Å². The largest absolute Gasteiger partial charge is 0.384 e. The molecule has 0 spiro atoms. The van der Waals surface area contributed by atoms with Gasteiger partial charge < -0.3 is 15.0 Å². The highest BCUT2D eigenvalue weighted by Crippen LogP contribution is 2.18. The van der Waals surface area contributed by atoms with Gasteiger partial charge in [-0.25, -0.2) is 0 Å². The van der Waals surface area contributed by atoms with Crippen LogP contribution in [-0.4, -0.2) is 51.3 Å². The molecule has 114 valence electrons. The highest BCUT2D eigenvalue weighted by Gasteiger charge is 2.24. The van der Waals surface area contributed by atoms with Crippen LogP contribution in [0.5, 0.6) is 0 Å². The molecule has 1 aliphatic heterocycles. The fourth-order valence-electron chi connectivity index (χ4n) is 2.28. The highest BCUT2D eigenvalue weighted by atomic mass is 127. The van der Waals surface area contributed by atoms with Crippen LogP contribution in [0.15, 0.2) is 4.99 Å². The second kappa shape index (κ2) is 9.00. The maximum Gasteiger partial charge on any atom is 0.193 e. The fourth-order valence-corrected chi connectivity index (χ4v) is 2.28. The number of nitrogens with zero attached hydrogens (tertiary/aromatic N) is 2. The molecule has 19 heavy (non-hydrogen) atoms. The van der Waals surface area contributed by atoms with Gasteiger partial charge in [-0.2, -0.15) is 0 Å². The predicted molar refractivity (Wildman–Crippen MR) is 92.4 cm³/mol. The summed E-state index contributed by atoms with van der Waals surface area (Å²) in [5, 5.41) is 3.47. The van der Waals surface area contributed by atoms with Crippen LogP contribution in [-0.2, 0) is 4.74 Å². The Morgan fingerprint density at radius 1 is 1.42 bits per heavy atom. The number of aliphatic imine (C=N–C) groups is 1. The van der Waals surface area contributed by atoms with Crippen LogP contribution in [0.3, 0.4) is 0 Å². The number of methoxy groups -OCH3 is 1. The summed E-state index contributed by atoms with van der Waals surface area (Å²) < 4.78 is 5.23. The molecule has 0 aromatic rings. The molecule has 1 fully saturated rings. The van der Waals surface area contributed by atoms with Crippen molar-refractivity contribution >= 4 is 29.9 Å². The molecule has 1 saturated heterocycles. The molecule has 0 aliphatic carbocycles. The van der Waals surface area contributed by atoms with Gasteiger partial charge in [0.2, 0.25) is 0 Å². The molecular weight excluding hydrogens is 353 g/mol. The van der Waals surface area contributed by atoms with E-state index in [-0.39, 0.29) is 24.0 Å². The second-order valence-electron chi connectivity index (χ2n) is 6.34. The number of guanidine groups is 1. The van der Waals surface area contributed by atoms with Crippen molar-refractivity contribution in [1.29, 1.82) is 0 Å². The molecule has 1 aliphatic rings. The van der Waals surface area contributed by atoms with Crippen molar-refractivity contribution in [3.05, 3.63) is 0 Å². The minimum atomic E-state index is 0. The number of hydrogen-bond donors (Lipinski definition) is 1. The molecule has 0 radical (unpaired) electrons. The van der Waals surface area contributed by atoms with Gasteiger partial charge in [-0.3, -0.25) is 4.99 Å². The topological polar surface area (TPSA) is 36.9 Å². The van der Waals surface area contributed by atoms with Crippen LogP contribution in [0, 0.1) is 11.3 Å². The Bertz CT molecular complexity index is 276. The average Bonchev–Trinajstić information content (AvgIpc) is 2.72. The quantitative estimate of drug-likeness (QED) is 0.461. The molecule has 5 heteroatoms. The Kier molecular flexibility index (Phi) is 8.98. The number of ether oxygens (including phenoxy) is 1. The SMILES string of the molecule is CN=C(NCCC(C)(C)C)N1CCC(COC)C1.I. The highest BCUT2D eigenvalue weighted by molar-refractivity contribution is 14.0. The van der Waals surface area contributed by atoms with Crippen molar-refractivity contribution in [3.8, 4) is 0 Å². The van der Waals surface area contributed by atoms with E-state index in [1.807, 2.05) is 7.05 Å². The van der Waals surface area contributed by atoms with Gasteiger partial charge in [-0.15, -0.1) is 24.0 Å². The van der Waals surface area contributed by atoms with Gasteiger partial charge in [0.25, 0.3) is 0 Å². The Hall–Kier alpha value is -0.0400. The first-order valence-electron chi connectivity index (χ1n) is 6.91. The molecule has 0 saturated carbocycles. The summed E-state index contributed by atoms with van der Waals surface area (Å²) in [6.07, 6.45) is 2.36. The maximum absolute atomic E-state index is 5.23. The summed E-state index contributed by atoms with van der Waals surface area (Å²) in [4.78, 5) is 6.71. The van der Waals surface area contributed by atoms with Crippen LogP contribution in [0.4, 0.5) is 0 Å². The Labute approximate surface area is 135 Å². The van der Waals surface area contributed by atoms with Gasteiger partial charge in [-0.1, -0.05) is 20.8 Å². The van der Waals surface area contributed by atoms with Gasteiger partial charge in [0, 0.05) is 39.7 Å². The number of nitrogens with one attached hydrogen (secondary N) is 1. The molecule has 0 aromatic heterocycles. The number of hydrogen-bond acceptors (Lipinski definition) is 2. The van der Waals surface area contributed by atoms with E-state index in [9.17, 15) is 0 Å². The smallest absolute Gasteiger partial charge is 0.193 e. The third kappa shape index (κ3) is 7.34. The first kappa shape index (κ1) is 19.0. The summed E-state index contributed by atoms with van der Waals surface area (Å²) >= 11 is 0. The third-order valence-corrected chi connectivity index (χ3v) is 3.36. The maximum atomic E-state index is 5.23. The lowest BCUT2D eigenvalue weighted by Gasteiger charge is -2.24. The van der Waals surface area contributed by atoms with Crippen molar-refractivity contribution in [2.24, 2.45) is 16.3 Å². The predicted octanol–water partition coefficient (Wildman–Crippen LogP) is 2.58. The van der Waals surface area contributed by atoms with E-state index in [0.717, 1.165) is 38.6 Å². The van der Waals surface area contributed by atoms with Gasteiger partial charge >= 0.3 is 0 Å². The zero-order chi connectivity index (χ0) is 13.6. The Balaban J connectivity index is 0.00000324. The normalized spacial score (nSPS) is 20.4. The van der Waals surface area contributed by atoms with E-state index in [1.165, 1.54) is 6.42 Å². The second-order valence-corrected chi connectivity index (χ2v) is 6.34. The van der Waals surface area contributed by atoms with E-state index >= 15 is 0 Å². The third-order valence-electron chi connectivity index (χ3n) is 3.36. The van der Waals surface area contributed by atoms with Crippen LogP contribution < -0.4 is 5.32 Å². The lowest BCUT2D eigenvalue weighted by molar-refractivity contribution is 0.157. The molecule has 1 atom stereocenters. The van der Waals surface area contributed by atoms with Gasteiger partial charge in [0.05, 0.1) is 6.61 Å². The number of halogens is 1. The molecule has 1 unspecified atom stereocenters. The standard InChI is InChI=1S/C14H29N3O.HI/c1-14(2,3)7-8-16-13(15-4)17-9-6-12(10-17)11-18-5;/h12H,6-11H2,1-5H3,(H,15,16);1H. The molecule has 0 amide bonds. The van der Waals surface area contributed by atoms with E-state index in [2.05, 4.69) is 36.0 Å². The van der Waals surface area contributed by atoms with Crippen molar-refractivity contribution in [3.63, 3.8) is 0 Å². The molecule has 0 aromatic carbocycles. The van der Waals surface area contributed by atoms with Crippen molar-refractivity contribution in [1.82, 2.24) is 10.2 Å². The minimum absolute atomic E-state index is 0. The van der Waals surface area contributed by atoms with Crippen LogP contribution >= 0.6 is 24.0 Å². The van der Waals surface area contributed by atoms with Crippen molar-refractivity contribution in [2.75, 3.05) is 40.4 Å². The average molecular weight is 383 g/mol. The monoisotopic (exact) mass is 383 g/mol. The Morgan fingerprint density at radius 2 is 2.11 bits per heavy atom. The van der Waals surface area contributed by atoms with Crippen molar-refractivity contribution in [2.45, 2.75) is 33.6 Å². The molecule has 1 heterocycles. The van der Waals surface area contributed by atoms with Gasteiger partial charge in [0.15, 0.2) is 5.96 Å². The molecule has 4 nitrogen and oxygen atoms in total. The fraction of sp³-hybridized carbons (Fsp3) is 0.929. The molecule has 1 N–H and O–H groups in total. The first-order valence-corrected chi connectivity index (χ1v) is 6.91. The summed E-state index contributed by atoms with van der Waals surface area (Å²) in [6, 6.07) is 0. The molecule has 1 rings (SSSR count). The number of rotatable bonds is 4. The molecule has 0 bridgehead atoms. The summed E-state index contributed by atoms with van der Waals surface area (Å²) in [7, 11) is 3.64. The first-order chi connectivity index (χ1) is 8.46. The minimum Gasteiger partial charge on any atom is -0.384 e.